The lowest BCUT2D eigenvalue weighted by molar-refractivity contribution is -0.140. The SMILES string of the molecule is CC(=O)SC[C@H](Cc1ccc(-c2ccccc2)cc1)C(=O)O. The Bertz CT molecular complexity index is 635. The molecule has 0 saturated heterocycles. The third kappa shape index (κ3) is 4.74. The summed E-state index contributed by atoms with van der Waals surface area (Å²) in [5.41, 5.74) is 3.21. The minimum Gasteiger partial charge on any atom is -0.481 e. The molecular weight excluding hydrogens is 296 g/mol. The minimum absolute atomic E-state index is 0.0503. The average Bonchev–Trinajstić information content (AvgIpc) is 2.52. The van der Waals surface area contributed by atoms with Crippen LogP contribution in [0.4, 0.5) is 0 Å². The van der Waals surface area contributed by atoms with Crippen molar-refractivity contribution in [2.45, 2.75) is 13.3 Å². The molecule has 114 valence electrons. The Labute approximate surface area is 134 Å². The van der Waals surface area contributed by atoms with Gasteiger partial charge >= 0.3 is 5.97 Å². The second-order valence-corrected chi connectivity index (χ2v) is 6.30. The van der Waals surface area contributed by atoms with Crippen molar-refractivity contribution in [3.05, 3.63) is 60.2 Å². The van der Waals surface area contributed by atoms with Gasteiger partial charge in [0.05, 0.1) is 5.92 Å². The summed E-state index contributed by atoms with van der Waals surface area (Å²) < 4.78 is 0. The van der Waals surface area contributed by atoms with Crippen LogP contribution in [-0.2, 0) is 16.0 Å². The molecule has 0 fully saturated rings. The number of carbonyl (C=O) groups is 2. The predicted molar refractivity (Wildman–Crippen MR) is 89.8 cm³/mol. The van der Waals surface area contributed by atoms with Crippen LogP contribution >= 0.6 is 11.8 Å². The molecule has 4 heteroatoms. The molecule has 1 atom stereocenters. The minimum atomic E-state index is -0.860. The number of hydrogen-bond acceptors (Lipinski definition) is 3. The van der Waals surface area contributed by atoms with Crippen LogP contribution in [0.15, 0.2) is 54.6 Å². The second kappa shape index (κ2) is 7.80. The number of carboxylic acid groups (broad SMARTS) is 1. The topological polar surface area (TPSA) is 54.4 Å². The van der Waals surface area contributed by atoms with E-state index in [4.69, 9.17) is 0 Å². The van der Waals surface area contributed by atoms with E-state index in [1.165, 1.54) is 6.92 Å². The lowest BCUT2D eigenvalue weighted by Gasteiger charge is -2.11. The van der Waals surface area contributed by atoms with Crippen molar-refractivity contribution >= 4 is 22.8 Å². The van der Waals surface area contributed by atoms with Gasteiger partial charge in [-0.1, -0.05) is 66.4 Å². The Morgan fingerprint density at radius 3 is 2.14 bits per heavy atom. The zero-order valence-corrected chi connectivity index (χ0v) is 13.2. The molecule has 0 amide bonds. The van der Waals surface area contributed by atoms with Gasteiger partial charge in [0, 0.05) is 12.7 Å². The maximum atomic E-state index is 11.3. The van der Waals surface area contributed by atoms with Gasteiger partial charge in [-0.3, -0.25) is 9.59 Å². The van der Waals surface area contributed by atoms with E-state index in [2.05, 4.69) is 0 Å². The molecule has 22 heavy (non-hydrogen) atoms. The maximum Gasteiger partial charge on any atom is 0.307 e. The van der Waals surface area contributed by atoms with Crippen molar-refractivity contribution in [3.63, 3.8) is 0 Å². The van der Waals surface area contributed by atoms with Gasteiger partial charge in [-0.2, -0.15) is 0 Å². The second-order valence-electron chi connectivity index (χ2n) is 5.10. The Hall–Kier alpha value is -2.07. The molecule has 0 aromatic heterocycles. The zero-order chi connectivity index (χ0) is 15.9. The summed E-state index contributed by atoms with van der Waals surface area (Å²) in [5, 5.41) is 9.21. The number of aliphatic carboxylic acids is 1. The van der Waals surface area contributed by atoms with Crippen LogP contribution < -0.4 is 0 Å². The number of benzene rings is 2. The van der Waals surface area contributed by atoms with Crippen LogP contribution in [0, 0.1) is 5.92 Å². The van der Waals surface area contributed by atoms with Gasteiger partial charge in [-0.05, 0) is 23.1 Å². The Morgan fingerprint density at radius 2 is 1.59 bits per heavy atom. The molecule has 0 saturated carbocycles. The standard InChI is InChI=1S/C18H18O3S/c1-13(19)22-12-17(18(20)21)11-14-7-9-16(10-8-14)15-5-3-2-4-6-15/h2-10,17H,11-12H2,1H3,(H,20,21)/t17-/m0/s1. The highest BCUT2D eigenvalue weighted by molar-refractivity contribution is 8.13. The molecule has 3 nitrogen and oxygen atoms in total. The summed E-state index contributed by atoms with van der Waals surface area (Å²) in [6.07, 6.45) is 0.435. The summed E-state index contributed by atoms with van der Waals surface area (Å²) in [7, 11) is 0. The quantitative estimate of drug-likeness (QED) is 0.879. The first-order valence-corrected chi connectivity index (χ1v) is 8.05. The molecule has 0 aliphatic rings. The summed E-state index contributed by atoms with van der Waals surface area (Å²) in [5.74, 6) is -1.09. The van der Waals surface area contributed by atoms with Crippen molar-refractivity contribution in [3.8, 4) is 11.1 Å². The fourth-order valence-electron chi connectivity index (χ4n) is 2.18. The summed E-state index contributed by atoms with van der Waals surface area (Å²) in [6.45, 7) is 1.46. The Balaban J connectivity index is 2.06. The first-order valence-electron chi connectivity index (χ1n) is 7.07. The lowest BCUT2D eigenvalue weighted by atomic mass is 9.98. The lowest BCUT2D eigenvalue weighted by Crippen LogP contribution is -2.19. The highest BCUT2D eigenvalue weighted by Gasteiger charge is 2.19. The molecular formula is C18H18O3S. The largest absolute Gasteiger partial charge is 0.481 e. The number of thioether (sulfide) groups is 1. The van der Waals surface area contributed by atoms with E-state index >= 15 is 0 Å². The van der Waals surface area contributed by atoms with E-state index in [-0.39, 0.29) is 5.12 Å². The van der Waals surface area contributed by atoms with Crippen molar-refractivity contribution < 1.29 is 14.7 Å². The van der Waals surface area contributed by atoms with Crippen LogP contribution in [0.2, 0.25) is 0 Å². The normalized spacial score (nSPS) is 11.9. The first kappa shape index (κ1) is 16.3. The van der Waals surface area contributed by atoms with Crippen LogP contribution in [0.25, 0.3) is 11.1 Å². The van der Waals surface area contributed by atoms with Crippen molar-refractivity contribution in [1.29, 1.82) is 0 Å². The van der Waals surface area contributed by atoms with Gasteiger partial charge in [0.2, 0.25) is 0 Å². The van der Waals surface area contributed by atoms with Gasteiger partial charge in [0.25, 0.3) is 0 Å². The summed E-state index contributed by atoms with van der Waals surface area (Å²) in [6, 6.07) is 17.9. The molecule has 0 bridgehead atoms. The smallest absolute Gasteiger partial charge is 0.307 e. The van der Waals surface area contributed by atoms with Gasteiger partial charge in [0.1, 0.15) is 0 Å². The van der Waals surface area contributed by atoms with Gasteiger partial charge in [-0.25, -0.2) is 0 Å². The molecule has 2 aromatic carbocycles. The molecule has 0 aliphatic carbocycles. The molecule has 0 radical (unpaired) electrons. The van der Waals surface area contributed by atoms with Crippen LogP contribution in [-0.4, -0.2) is 21.9 Å². The Kier molecular flexibility index (Phi) is 5.78. The predicted octanol–water partition coefficient (Wildman–Crippen LogP) is 3.88. The molecule has 2 aromatic rings. The third-order valence-corrected chi connectivity index (χ3v) is 4.36. The molecule has 0 aliphatic heterocycles. The average molecular weight is 314 g/mol. The van der Waals surface area contributed by atoms with Gasteiger partial charge in [0.15, 0.2) is 5.12 Å². The number of carbonyl (C=O) groups excluding carboxylic acids is 1. The molecule has 0 spiro atoms. The van der Waals surface area contributed by atoms with Crippen LogP contribution in [0.3, 0.4) is 0 Å². The van der Waals surface area contributed by atoms with Crippen LogP contribution in [0.1, 0.15) is 12.5 Å². The monoisotopic (exact) mass is 314 g/mol. The highest BCUT2D eigenvalue weighted by Crippen LogP contribution is 2.21. The van der Waals surface area contributed by atoms with Crippen LogP contribution in [0.5, 0.6) is 0 Å². The summed E-state index contributed by atoms with van der Waals surface area (Å²) >= 11 is 1.07. The van der Waals surface area contributed by atoms with Gasteiger partial charge in [-0.15, -0.1) is 0 Å². The molecule has 0 unspecified atom stereocenters. The number of rotatable bonds is 6. The van der Waals surface area contributed by atoms with E-state index in [0.29, 0.717) is 12.2 Å². The highest BCUT2D eigenvalue weighted by atomic mass is 32.2. The first-order chi connectivity index (χ1) is 10.6. The fourth-order valence-corrected chi connectivity index (χ4v) is 2.88. The van der Waals surface area contributed by atoms with E-state index < -0.39 is 11.9 Å². The van der Waals surface area contributed by atoms with Crippen molar-refractivity contribution in [2.75, 3.05) is 5.75 Å². The Morgan fingerprint density at radius 1 is 1.00 bits per heavy atom. The molecule has 2 rings (SSSR count). The number of carboxylic acids is 1. The summed E-state index contributed by atoms with van der Waals surface area (Å²) in [4.78, 5) is 22.3. The molecule has 0 heterocycles. The van der Waals surface area contributed by atoms with Gasteiger partial charge < -0.3 is 5.11 Å². The third-order valence-electron chi connectivity index (χ3n) is 3.38. The maximum absolute atomic E-state index is 11.3. The van der Waals surface area contributed by atoms with E-state index in [0.717, 1.165) is 28.5 Å². The van der Waals surface area contributed by atoms with E-state index in [1.54, 1.807) is 0 Å². The van der Waals surface area contributed by atoms with Crippen molar-refractivity contribution in [2.24, 2.45) is 5.92 Å². The van der Waals surface area contributed by atoms with E-state index in [1.807, 2.05) is 54.6 Å². The number of hydrogen-bond donors (Lipinski definition) is 1. The fraction of sp³-hybridized carbons (Fsp3) is 0.222. The van der Waals surface area contributed by atoms with E-state index in [9.17, 15) is 14.7 Å². The zero-order valence-electron chi connectivity index (χ0n) is 12.4. The molecule has 1 N–H and O–H groups in total. The van der Waals surface area contributed by atoms with Crippen molar-refractivity contribution in [1.82, 2.24) is 0 Å².